The van der Waals surface area contributed by atoms with E-state index >= 15 is 0 Å². The quantitative estimate of drug-likeness (QED) is 0.0951. The number of hydrogen-bond donors (Lipinski definition) is 6. The van der Waals surface area contributed by atoms with Gasteiger partial charge in [0, 0.05) is 124 Å². The summed E-state index contributed by atoms with van der Waals surface area (Å²) in [6, 6.07) is 1.57. The molecule has 2 unspecified atom stereocenters. The van der Waals surface area contributed by atoms with Gasteiger partial charge in [0.2, 0.25) is 5.95 Å². The van der Waals surface area contributed by atoms with Crippen LogP contribution in [0.25, 0.3) is 22.3 Å². The molecule has 80 heavy (non-hydrogen) atoms. The average molecular weight is 1200 g/mol. The van der Waals surface area contributed by atoms with Crippen LogP contribution in [0, 0.1) is 19.2 Å². The van der Waals surface area contributed by atoms with Gasteiger partial charge in [-0.15, -0.1) is 0 Å². The molecule has 36 heteroatoms. The van der Waals surface area contributed by atoms with Crippen molar-refractivity contribution in [2.75, 3.05) is 110 Å². The second-order valence-corrected chi connectivity index (χ2v) is 26.5. The standard InChI is InChI=1S/C21H44N3O9P3.C6H7N5O.C6H7N5.C6H8N2O2.C5H7N3O.2Ne/c1-17-10-23(12-20(32-17)15-29-34(3,4)25)36(6,27)31-16-21-13-24(11-18(2)33-21)35(5,26)30-14-19-9-22-7-8-28-19;1-11-2-8-3-4(11)9-6(7)10-5(3)12;1-11-3-10-4-5(7)8-2-9-6(4)11;1-4-3-8(2)6(10)7-5(4)9;1-8-3-2-4(6)7-5(8)9;;/h17-22H,7-16H2,1-6H3;2H,1H3,(H3,7,9,10,12);2-3H,1H3,(H2,7,8,9);3H,1-2H3,(H,7,9,10);2-3H,1H3,(H2,6,7,9);;/t17-,18-,19-,20-,21-,35?,36?;;;;;;/m0....../s1/i8T;;;;;;/t8-,17-,18-,19-,20-,21-,35?,36?;;;;;;. The normalized spacial score (nSPS) is 22.1. The molecule has 3 fully saturated rings. The third-order valence-corrected chi connectivity index (χ3v) is 16.2. The summed E-state index contributed by atoms with van der Waals surface area (Å²) >= 11 is 0. The van der Waals surface area contributed by atoms with E-state index < -0.39 is 35.1 Å². The van der Waals surface area contributed by atoms with Gasteiger partial charge in [0.15, 0.2) is 30.0 Å². The van der Waals surface area contributed by atoms with Crippen LogP contribution in [0.2, 0.25) is 0 Å². The van der Waals surface area contributed by atoms with E-state index in [1.54, 1.807) is 91.8 Å². The van der Waals surface area contributed by atoms with Crippen molar-refractivity contribution >= 4 is 62.3 Å². The Kier molecular flexibility index (Phi) is 25.1. The fourth-order valence-electron chi connectivity index (χ4n) is 7.49. The van der Waals surface area contributed by atoms with Gasteiger partial charge < -0.3 is 68.6 Å². The van der Waals surface area contributed by atoms with Crippen molar-refractivity contribution in [3.05, 3.63) is 84.7 Å². The molecule has 6 aromatic rings. The Balaban J connectivity index is 0.000000314. The van der Waals surface area contributed by atoms with E-state index in [1.165, 1.54) is 28.0 Å². The summed E-state index contributed by atoms with van der Waals surface area (Å²) in [6.45, 7) is 13.9. The summed E-state index contributed by atoms with van der Waals surface area (Å²) in [6.07, 6.45) is 6.14. The maximum absolute atomic E-state index is 13.5. The number of imidazole rings is 2. The van der Waals surface area contributed by atoms with E-state index in [2.05, 4.69) is 45.2 Å². The molecule has 0 saturated carbocycles. The fraction of sp³-hybridized carbons (Fsp3) is 0.591. The molecule has 9 N–H and O–H groups in total. The number of fused-ring (bicyclic) bond motifs is 2. The Hall–Kier alpha value is -5.99. The van der Waals surface area contributed by atoms with Gasteiger partial charge >= 0.3 is 11.4 Å². The van der Waals surface area contributed by atoms with Crippen LogP contribution in [0.1, 0.15) is 20.8 Å². The molecular formula is C44H73N18Ne2O13P3. The number of nitrogens with zero attached hydrogens (tertiary/aromatic N) is 12. The Labute approximate surface area is 462 Å². The molecule has 448 valence electrons. The Morgan fingerprint density at radius 2 is 1.25 bits per heavy atom. The molecule has 3 aliphatic heterocycles. The monoisotopic (exact) mass is 1200 g/mol. The number of nitrogen functional groups attached to an aromatic ring is 3. The van der Waals surface area contributed by atoms with Crippen LogP contribution >= 0.6 is 22.4 Å². The molecule has 3 aliphatic rings. The van der Waals surface area contributed by atoms with Gasteiger partial charge in [0.05, 0.1) is 70.9 Å². The maximum Gasteiger partial charge on any atom is 0.349 e. The first-order valence-corrected chi connectivity index (χ1v) is 30.8. The molecule has 8 atom stereocenters. The summed E-state index contributed by atoms with van der Waals surface area (Å²) in [5.74, 6) is 0.796. The van der Waals surface area contributed by atoms with Gasteiger partial charge in [-0.3, -0.25) is 33.3 Å². The second kappa shape index (κ2) is 30.2. The van der Waals surface area contributed by atoms with Gasteiger partial charge in [0.1, 0.15) is 17.7 Å². The zero-order valence-corrected chi connectivity index (χ0v) is 48.9. The van der Waals surface area contributed by atoms with Crippen LogP contribution in [0.5, 0.6) is 0 Å². The Morgan fingerprint density at radius 3 is 1.77 bits per heavy atom. The summed E-state index contributed by atoms with van der Waals surface area (Å²) in [5, 5.41) is 3.10. The molecule has 31 nitrogen and oxygen atoms in total. The largest absolute Gasteiger partial charge is 0.383 e. The molecule has 0 amide bonds. The zero-order chi connectivity index (χ0) is 58.6. The predicted molar refractivity (Wildman–Crippen MR) is 294 cm³/mol. The van der Waals surface area contributed by atoms with Gasteiger partial charge in [-0.25, -0.2) is 38.9 Å². The van der Waals surface area contributed by atoms with Crippen molar-refractivity contribution in [3.8, 4) is 0 Å². The molecule has 3 saturated heterocycles. The van der Waals surface area contributed by atoms with Crippen molar-refractivity contribution in [1.29, 1.82) is 0 Å². The molecule has 0 bridgehead atoms. The van der Waals surface area contributed by atoms with E-state index in [1.807, 2.05) is 20.9 Å². The fourth-order valence-corrected chi connectivity index (χ4v) is 11.2. The Morgan fingerprint density at radius 1 is 0.700 bits per heavy atom. The first-order chi connectivity index (χ1) is 36.9. The molecule has 0 aromatic carbocycles. The predicted octanol–water partition coefficient (Wildman–Crippen LogP) is 0.316. The number of ether oxygens (including phenoxy) is 3. The zero-order valence-electron chi connectivity index (χ0n) is 47.2. The minimum absolute atomic E-state index is 0. The summed E-state index contributed by atoms with van der Waals surface area (Å²) in [4.78, 5) is 70.8. The molecule has 0 aliphatic carbocycles. The van der Waals surface area contributed by atoms with Gasteiger partial charge in [-0.05, 0) is 26.8 Å². The molecular weight excluding hydrogens is 1120 g/mol. The van der Waals surface area contributed by atoms with E-state index in [-0.39, 0.29) is 90.8 Å². The topological polar surface area (TPSA) is 400 Å². The molecule has 9 rings (SSSR count). The van der Waals surface area contributed by atoms with Crippen LogP contribution in [0.15, 0.2) is 56.6 Å². The number of morpholine rings is 3. The van der Waals surface area contributed by atoms with Crippen molar-refractivity contribution in [1.82, 2.24) is 72.8 Å². The number of aryl methyl sites for hydroxylation is 5. The van der Waals surface area contributed by atoms with Crippen molar-refractivity contribution in [2.45, 2.75) is 51.3 Å². The van der Waals surface area contributed by atoms with E-state index in [9.17, 15) is 32.9 Å². The van der Waals surface area contributed by atoms with Crippen LogP contribution < -0.4 is 45.0 Å². The van der Waals surface area contributed by atoms with E-state index in [4.69, 9.17) is 46.4 Å². The van der Waals surface area contributed by atoms with E-state index in [0.29, 0.717) is 67.3 Å². The van der Waals surface area contributed by atoms with Gasteiger partial charge in [-0.1, -0.05) is 0 Å². The van der Waals surface area contributed by atoms with Crippen LogP contribution in [-0.2, 0) is 69.7 Å². The first kappa shape index (κ1) is 66.5. The number of nitrogens with one attached hydrogen (secondary N) is 3. The number of H-pyrrole nitrogens is 2. The number of aromatic nitrogens is 12. The number of aromatic amines is 2. The number of anilines is 3. The Bertz CT molecular complexity index is 3370. The van der Waals surface area contributed by atoms with Crippen molar-refractivity contribution in [3.63, 3.8) is 0 Å². The minimum Gasteiger partial charge on any atom is -0.383 e. The molecule has 9 heterocycles. The molecule has 6 aromatic heterocycles. The molecule has 0 radical (unpaired) electrons. The summed E-state index contributed by atoms with van der Waals surface area (Å²) in [7, 11) is -2.20. The third-order valence-electron chi connectivity index (χ3n) is 11.5. The van der Waals surface area contributed by atoms with Crippen molar-refractivity contribution < 1.29 is 55.1 Å². The number of rotatable bonds is 11. The summed E-state index contributed by atoms with van der Waals surface area (Å²) in [5.41, 5.74) is 17.5. The van der Waals surface area contributed by atoms with Gasteiger partial charge in [0.25, 0.3) is 26.2 Å². The average Bonchev–Trinajstić information content (AvgIpc) is 3.95. The first-order valence-electron chi connectivity index (χ1n) is 24.8. The smallest absolute Gasteiger partial charge is 0.349 e. The van der Waals surface area contributed by atoms with Crippen LogP contribution in [0.3, 0.4) is 0 Å². The number of nitrogens with two attached hydrogens (primary N) is 3. The van der Waals surface area contributed by atoms with E-state index in [0.717, 1.165) is 5.65 Å². The van der Waals surface area contributed by atoms with Crippen LogP contribution in [0.4, 0.5) is 17.6 Å². The van der Waals surface area contributed by atoms with Crippen molar-refractivity contribution in [2.24, 2.45) is 28.2 Å². The molecule has 0 spiro atoms. The van der Waals surface area contributed by atoms with Gasteiger partial charge in [-0.2, -0.15) is 9.97 Å². The second-order valence-electron chi connectivity index (χ2n) is 18.9. The summed E-state index contributed by atoms with van der Waals surface area (Å²) < 4.78 is 90.8. The van der Waals surface area contributed by atoms with Crippen LogP contribution in [-0.4, -0.2) is 190 Å². The SMILES string of the molecule is Cc1cn(C)c(=O)[nH]c1=O.Cn1ccc(N)nc1=O.Cn1cnc2c(=O)[nH]c(N)nc21.Cn1cnc2c(N)ncnc21.[3H][C@H]1CNC[C@@H](COP(C)(=O)N2C[C@@H](COP(C)(=O)N3C[C@@H](COP(C)(C)=O)O[C@@H](C)C3)O[C@@H](C)C2)O1.[Ne].[Ne]. The minimum atomic E-state index is -3.20. The maximum atomic E-state index is 13.5. The number of hydrogen-bond acceptors (Lipinski definition) is 23. The third kappa shape index (κ3) is 20.5.